The number of halogens is 1. The lowest BCUT2D eigenvalue weighted by Crippen LogP contribution is -2.22. The van der Waals surface area contributed by atoms with E-state index in [0.29, 0.717) is 27.0 Å². The van der Waals surface area contributed by atoms with Gasteiger partial charge in [0.2, 0.25) is 0 Å². The van der Waals surface area contributed by atoms with Crippen molar-refractivity contribution < 1.29 is 0 Å². The smallest absolute Gasteiger partial charge is 0.266 e. The fourth-order valence-corrected chi connectivity index (χ4v) is 3.80. The zero-order valence-electron chi connectivity index (χ0n) is 15.4. The summed E-state index contributed by atoms with van der Waals surface area (Å²) in [6.07, 6.45) is 1.05. The molecule has 3 rings (SSSR count). The van der Waals surface area contributed by atoms with Crippen molar-refractivity contribution in [2.45, 2.75) is 43.5 Å². The van der Waals surface area contributed by atoms with E-state index in [-0.39, 0.29) is 10.8 Å². The van der Waals surface area contributed by atoms with Crippen LogP contribution in [0.25, 0.3) is 16.6 Å². The molecule has 0 bridgehead atoms. The van der Waals surface area contributed by atoms with E-state index in [1.165, 1.54) is 17.3 Å². The third-order valence-electron chi connectivity index (χ3n) is 4.60. The molecule has 0 saturated carbocycles. The Labute approximate surface area is 167 Å². The average molecular weight is 398 g/mol. The molecule has 3 aromatic rings. The van der Waals surface area contributed by atoms with E-state index < -0.39 is 0 Å². The van der Waals surface area contributed by atoms with Crippen LogP contribution in [0.5, 0.6) is 0 Å². The number of aromatic nitrogens is 2. The van der Waals surface area contributed by atoms with E-state index >= 15 is 0 Å². The molecule has 0 amide bonds. The van der Waals surface area contributed by atoms with Crippen molar-refractivity contribution in [3.63, 3.8) is 0 Å². The van der Waals surface area contributed by atoms with Crippen LogP contribution < -0.4 is 5.56 Å². The van der Waals surface area contributed by atoms with Crippen LogP contribution >= 0.6 is 23.4 Å². The lowest BCUT2D eigenvalue weighted by molar-refractivity contribution is 0.732. The summed E-state index contributed by atoms with van der Waals surface area (Å²) < 4.78 is 1.57. The molecule has 0 aliphatic carbocycles. The number of hydrogen-bond acceptors (Lipinski definition) is 4. The monoisotopic (exact) mass is 397 g/mol. The highest BCUT2D eigenvalue weighted by Crippen LogP contribution is 2.27. The third-order valence-corrected chi connectivity index (χ3v) is 5.77. The second kappa shape index (κ2) is 8.16. The quantitative estimate of drug-likeness (QED) is 0.418. The van der Waals surface area contributed by atoms with Crippen molar-refractivity contribution in [3.8, 4) is 11.8 Å². The fraction of sp³-hybridized carbons (Fsp3) is 0.286. The average Bonchev–Trinajstić information content (AvgIpc) is 2.68. The van der Waals surface area contributed by atoms with Gasteiger partial charge in [0, 0.05) is 5.02 Å². The largest absolute Gasteiger partial charge is 0.268 e. The molecule has 2 aromatic carbocycles. The van der Waals surface area contributed by atoms with E-state index in [1.54, 1.807) is 29.7 Å². The number of benzene rings is 2. The molecule has 0 unspecified atom stereocenters. The minimum Gasteiger partial charge on any atom is -0.268 e. The van der Waals surface area contributed by atoms with Crippen molar-refractivity contribution in [3.05, 3.63) is 63.4 Å². The summed E-state index contributed by atoms with van der Waals surface area (Å²) in [4.78, 5) is 17.8. The number of nitriles is 1. The first kappa shape index (κ1) is 19.5. The first-order valence-electron chi connectivity index (χ1n) is 8.83. The van der Waals surface area contributed by atoms with Crippen LogP contribution in [0.1, 0.15) is 38.7 Å². The van der Waals surface area contributed by atoms with Crippen molar-refractivity contribution >= 4 is 34.3 Å². The van der Waals surface area contributed by atoms with Gasteiger partial charge in [0.05, 0.1) is 27.9 Å². The van der Waals surface area contributed by atoms with Gasteiger partial charge in [-0.1, -0.05) is 49.3 Å². The number of fused-ring (bicyclic) bond motifs is 1. The molecule has 0 fully saturated rings. The summed E-state index contributed by atoms with van der Waals surface area (Å²) in [5.74, 6) is 0.455. The minimum atomic E-state index is -0.327. The van der Waals surface area contributed by atoms with Gasteiger partial charge < -0.3 is 0 Å². The van der Waals surface area contributed by atoms with Gasteiger partial charge in [-0.05, 0) is 55.2 Å². The van der Waals surface area contributed by atoms with E-state index in [4.69, 9.17) is 11.6 Å². The molecule has 0 saturated heterocycles. The molecule has 0 aliphatic heterocycles. The summed E-state index contributed by atoms with van der Waals surface area (Å²) in [6.45, 7) is 6.12. The van der Waals surface area contributed by atoms with Gasteiger partial charge in [-0.3, -0.25) is 9.36 Å². The van der Waals surface area contributed by atoms with Crippen molar-refractivity contribution in [1.82, 2.24) is 9.55 Å². The highest BCUT2D eigenvalue weighted by atomic mass is 35.5. The Morgan fingerprint density at radius 1 is 1.22 bits per heavy atom. The summed E-state index contributed by atoms with van der Waals surface area (Å²) in [5.41, 5.74) is 2.34. The second-order valence-electron chi connectivity index (χ2n) is 6.49. The Hall–Kier alpha value is -2.29. The van der Waals surface area contributed by atoms with Crippen molar-refractivity contribution in [2.75, 3.05) is 0 Å². The molecule has 6 heteroatoms. The van der Waals surface area contributed by atoms with Crippen molar-refractivity contribution in [2.24, 2.45) is 0 Å². The van der Waals surface area contributed by atoms with Crippen LogP contribution in [-0.2, 0) is 0 Å². The highest BCUT2D eigenvalue weighted by Gasteiger charge is 2.16. The maximum absolute atomic E-state index is 13.2. The molecule has 0 spiro atoms. The number of thioether (sulfide) groups is 1. The normalized spacial score (nSPS) is 13.3. The topological polar surface area (TPSA) is 58.7 Å². The molecule has 0 radical (unpaired) electrons. The predicted octanol–water partition coefficient (Wildman–Crippen LogP) is 5.56. The van der Waals surface area contributed by atoms with Crippen molar-refractivity contribution in [1.29, 1.82) is 5.26 Å². The number of nitrogens with zero attached hydrogens (tertiary/aromatic N) is 3. The molecular weight excluding hydrogens is 378 g/mol. The van der Waals surface area contributed by atoms with Gasteiger partial charge in [0.15, 0.2) is 5.16 Å². The van der Waals surface area contributed by atoms with Gasteiger partial charge in [-0.25, -0.2) is 4.98 Å². The number of hydrogen-bond donors (Lipinski definition) is 0. The molecule has 2 atom stereocenters. The minimum absolute atomic E-state index is 0.188. The molecule has 0 aliphatic rings. The third kappa shape index (κ3) is 4.02. The van der Waals surface area contributed by atoms with Crippen LogP contribution in [0, 0.1) is 11.3 Å². The Morgan fingerprint density at radius 2 is 1.93 bits per heavy atom. The molecular formula is C21H20ClN3OS. The summed E-state index contributed by atoms with van der Waals surface area (Å²) in [5, 5.41) is 10.3. The standard InChI is InChI=1S/C21H20ClN3OS/c1-4-13(2)15-5-8-17(9-6-15)25-20(26)18-11-16(22)7-10-19(18)24-21(25)27-14(3)12-23/h5-11,13-14H,4H2,1-3H3/t13-,14-/m1/s1. The molecule has 27 heavy (non-hydrogen) atoms. The molecule has 1 heterocycles. The SMILES string of the molecule is CC[C@@H](C)c1ccc(-n2c(S[C@H](C)C#N)nc3ccc(Cl)cc3c2=O)cc1. The summed E-state index contributed by atoms with van der Waals surface area (Å²) in [6, 6.07) is 15.2. The Bertz CT molecular complexity index is 1070. The fourth-order valence-electron chi connectivity index (χ4n) is 2.82. The van der Waals surface area contributed by atoms with Gasteiger partial charge in [0.25, 0.3) is 5.56 Å². The van der Waals surface area contributed by atoms with E-state index in [9.17, 15) is 10.1 Å². The predicted molar refractivity (Wildman–Crippen MR) is 112 cm³/mol. The van der Waals surface area contributed by atoms with Gasteiger partial charge in [0.1, 0.15) is 0 Å². The van der Waals surface area contributed by atoms with E-state index in [2.05, 4.69) is 24.9 Å². The molecule has 1 aromatic heterocycles. The first-order valence-corrected chi connectivity index (χ1v) is 10.1. The zero-order valence-corrected chi connectivity index (χ0v) is 17.0. The van der Waals surface area contributed by atoms with Crippen LogP contribution in [0.4, 0.5) is 0 Å². The lowest BCUT2D eigenvalue weighted by atomic mass is 9.98. The lowest BCUT2D eigenvalue weighted by Gasteiger charge is -2.15. The Morgan fingerprint density at radius 3 is 2.56 bits per heavy atom. The molecule has 138 valence electrons. The highest BCUT2D eigenvalue weighted by molar-refractivity contribution is 8.00. The van der Waals surface area contributed by atoms with Crippen LogP contribution in [0.2, 0.25) is 5.02 Å². The summed E-state index contributed by atoms with van der Waals surface area (Å²) in [7, 11) is 0. The van der Waals surface area contributed by atoms with Gasteiger partial charge in [-0.15, -0.1) is 0 Å². The molecule has 0 N–H and O–H groups in total. The maximum atomic E-state index is 13.2. The van der Waals surface area contributed by atoms with E-state index in [0.717, 1.165) is 12.1 Å². The maximum Gasteiger partial charge on any atom is 0.266 e. The zero-order chi connectivity index (χ0) is 19.6. The van der Waals surface area contributed by atoms with Crippen LogP contribution in [-0.4, -0.2) is 14.8 Å². The summed E-state index contributed by atoms with van der Waals surface area (Å²) >= 11 is 7.35. The van der Waals surface area contributed by atoms with E-state index in [1.807, 2.05) is 24.3 Å². The second-order valence-corrected chi connectivity index (χ2v) is 8.23. The number of rotatable bonds is 5. The Kier molecular flexibility index (Phi) is 5.88. The molecule has 4 nitrogen and oxygen atoms in total. The van der Waals surface area contributed by atoms with Crippen LogP contribution in [0.3, 0.4) is 0 Å². The van der Waals surface area contributed by atoms with Crippen LogP contribution in [0.15, 0.2) is 52.4 Å². The Balaban J connectivity index is 2.22. The van der Waals surface area contributed by atoms with Gasteiger partial charge in [-0.2, -0.15) is 5.26 Å². The first-order chi connectivity index (χ1) is 12.9. The van der Waals surface area contributed by atoms with Gasteiger partial charge >= 0.3 is 0 Å².